The molecule has 1 aliphatic rings. The Morgan fingerprint density at radius 3 is 2.50 bits per heavy atom. The minimum atomic E-state index is -4.38. The highest BCUT2D eigenvalue weighted by Crippen LogP contribution is 2.38. The lowest BCUT2D eigenvalue weighted by atomic mass is 9.87. The lowest BCUT2D eigenvalue weighted by molar-refractivity contribution is -0.136. The van der Waals surface area contributed by atoms with E-state index in [9.17, 15) is 13.2 Å². The van der Waals surface area contributed by atoms with Crippen LogP contribution in [0.4, 0.5) is 18.9 Å². The average molecular weight is 306 g/mol. The van der Waals surface area contributed by atoms with E-state index < -0.39 is 11.7 Å². The fourth-order valence-electron chi connectivity index (χ4n) is 2.82. The predicted octanol–water partition coefficient (Wildman–Crippen LogP) is 5.74. The number of rotatable bonds is 4. The Kier molecular flexibility index (Phi) is 5.19. The van der Waals surface area contributed by atoms with Crippen LogP contribution in [0.25, 0.3) is 0 Å². The van der Waals surface area contributed by atoms with E-state index in [0.29, 0.717) is 12.5 Å². The summed E-state index contributed by atoms with van der Waals surface area (Å²) in [6.45, 7) is 0.539. The van der Waals surface area contributed by atoms with Gasteiger partial charge in [0.25, 0.3) is 0 Å². The Hall–Kier alpha value is -0.900. The Balaban J connectivity index is 1.98. The molecule has 1 aromatic rings. The molecule has 1 N–H and O–H groups in total. The second kappa shape index (κ2) is 6.70. The highest BCUT2D eigenvalue weighted by molar-refractivity contribution is 6.33. The number of para-hydroxylation sites is 1. The third-order valence-electron chi connectivity index (χ3n) is 3.90. The van der Waals surface area contributed by atoms with Crippen LogP contribution in [0.5, 0.6) is 0 Å². The van der Waals surface area contributed by atoms with Crippen molar-refractivity contribution in [3.63, 3.8) is 0 Å². The van der Waals surface area contributed by atoms with Crippen molar-refractivity contribution in [3.8, 4) is 0 Å². The molecule has 0 aromatic heterocycles. The van der Waals surface area contributed by atoms with Crippen LogP contribution in [0.15, 0.2) is 18.2 Å². The zero-order valence-corrected chi connectivity index (χ0v) is 12.0. The summed E-state index contributed by atoms with van der Waals surface area (Å²) in [6.07, 6.45) is 2.68. The standard InChI is InChI=1S/C15H19ClF3N/c16-13-8-4-7-12(15(17,18)19)14(13)20-10-9-11-5-2-1-3-6-11/h4,7-8,11,20H,1-3,5-6,9-10H2. The van der Waals surface area contributed by atoms with E-state index in [2.05, 4.69) is 5.32 Å². The molecule has 5 heteroatoms. The van der Waals surface area contributed by atoms with Gasteiger partial charge in [-0.1, -0.05) is 49.8 Å². The fraction of sp³-hybridized carbons (Fsp3) is 0.600. The van der Waals surface area contributed by atoms with Crippen molar-refractivity contribution >= 4 is 17.3 Å². The summed E-state index contributed by atoms with van der Waals surface area (Å²) in [5.41, 5.74) is -0.675. The monoisotopic (exact) mass is 305 g/mol. The van der Waals surface area contributed by atoms with Gasteiger partial charge in [0.05, 0.1) is 16.3 Å². The molecule has 0 aliphatic heterocycles. The number of hydrogen-bond donors (Lipinski definition) is 1. The number of hydrogen-bond acceptors (Lipinski definition) is 1. The summed E-state index contributed by atoms with van der Waals surface area (Å²) in [7, 11) is 0. The Labute approximate surface area is 122 Å². The van der Waals surface area contributed by atoms with Gasteiger partial charge < -0.3 is 5.32 Å². The van der Waals surface area contributed by atoms with Crippen LogP contribution in [-0.2, 0) is 6.18 Å². The Morgan fingerprint density at radius 1 is 1.15 bits per heavy atom. The summed E-state index contributed by atoms with van der Waals surface area (Å²) < 4.78 is 38.7. The molecule has 0 radical (unpaired) electrons. The first-order valence-corrected chi connectivity index (χ1v) is 7.46. The second-order valence-electron chi connectivity index (χ2n) is 5.38. The van der Waals surface area contributed by atoms with Gasteiger partial charge in [-0.3, -0.25) is 0 Å². The third-order valence-corrected chi connectivity index (χ3v) is 4.21. The third kappa shape index (κ3) is 4.05. The van der Waals surface area contributed by atoms with Gasteiger partial charge in [-0.05, 0) is 24.5 Å². The van der Waals surface area contributed by atoms with Crippen LogP contribution in [0.3, 0.4) is 0 Å². The van der Waals surface area contributed by atoms with Gasteiger partial charge in [0.15, 0.2) is 0 Å². The number of alkyl halides is 3. The molecular formula is C15H19ClF3N. The lowest BCUT2D eigenvalue weighted by Gasteiger charge is -2.22. The zero-order chi connectivity index (χ0) is 14.6. The maximum absolute atomic E-state index is 12.9. The van der Waals surface area contributed by atoms with Crippen LogP contribution < -0.4 is 5.32 Å². The van der Waals surface area contributed by atoms with E-state index in [4.69, 9.17) is 11.6 Å². The van der Waals surface area contributed by atoms with Crippen molar-refractivity contribution in [2.75, 3.05) is 11.9 Å². The fourth-order valence-corrected chi connectivity index (χ4v) is 3.06. The van der Waals surface area contributed by atoms with Crippen LogP contribution in [0.2, 0.25) is 5.02 Å². The average Bonchev–Trinajstić information content (AvgIpc) is 2.40. The topological polar surface area (TPSA) is 12.0 Å². The van der Waals surface area contributed by atoms with Crippen LogP contribution in [-0.4, -0.2) is 6.54 Å². The minimum absolute atomic E-state index is 0.0116. The van der Waals surface area contributed by atoms with Crippen LogP contribution in [0, 0.1) is 5.92 Å². The first kappa shape index (κ1) is 15.5. The number of anilines is 1. The molecular weight excluding hydrogens is 287 g/mol. The molecule has 0 unspecified atom stereocenters. The maximum atomic E-state index is 12.9. The van der Waals surface area contributed by atoms with E-state index in [1.807, 2.05) is 0 Å². The maximum Gasteiger partial charge on any atom is 0.418 e. The Morgan fingerprint density at radius 2 is 1.85 bits per heavy atom. The van der Waals surface area contributed by atoms with Crippen molar-refractivity contribution in [2.45, 2.75) is 44.7 Å². The molecule has 1 nitrogen and oxygen atoms in total. The number of nitrogens with one attached hydrogen (secondary N) is 1. The minimum Gasteiger partial charge on any atom is -0.383 e. The molecule has 1 fully saturated rings. The molecule has 1 aromatic carbocycles. The summed E-state index contributed by atoms with van der Waals surface area (Å²) in [5.74, 6) is 0.632. The zero-order valence-electron chi connectivity index (χ0n) is 11.3. The van der Waals surface area contributed by atoms with E-state index in [-0.39, 0.29) is 10.7 Å². The van der Waals surface area contributed by atoms with Crippen molar-refractivity contribution in [1.82, 2.24) is 0 Å². The molecule has 20 heavy (non-hydrogen) atoms. The second-order valence-corrected chi connectivity index (χ2v) is 5.79. The number of benzene rings is 1. The molecule has 0 amide bonds. The van der Waals surface area contributed by atoms with E-state index in [1.165, 1.54) is 44.2 Å². The van der Waals surface area contributed by atoms with E-state index in [0.717, 1.165) is 12.5 Å². The molecule has 112 valence electrons. The molecule has 0 heterocycles. The largest absolute Gasteiger partial charge is 0.418 e. The lowest BCUT2D eigenvalue weighted by Crippen LogP contribution is -2.15. The summed E-state index contributed by atoms with van der Waals surface area (Å²) in [5, 5.41) is 3.01. The molecule has 0 atom stereocenters. The van der Waals surface area contributed by atoms with Crippen LogP contribution in [0.1, 0.15) is 44.1 Å². The molecule has 0 saturated heterocycles. The molecule has 0 bridgehead atoms. The SMILES string of the molecule is FC(F)(F)c1cccc(Cl)c1NCCC1CCCCC1. The van der Waals surface area contributed by atoms with Crippen molar-refractivity contribution in [3.05, 3.63) is 28.8 Å². The van der Waals surface area contributed by atoms with Crippen molar-refractivity contribution < 1.29 is 13.2 Å². The van der Waals surface area contributed by atoms with Crippen molar-refractivity contribution in [1.29, 1.82) is 0 Å². The van der Waals surface area contributed by atoms with Crippen molar-refractivity contribution in [2.24, 2.45) is 5.92 Å². The summed E-state index contributed by atoms with van der Waals surface area (Å²) >= 11 is 5.89. The van der Waals surface area contributed by atoms with Gasteiger partial charge in [0, 0.05) is 6.54 Å². The molecule has 2 rings (SSSR count). The van der Waals surface area contributed by atoms with Gasteiger partial charge in [-0.15, -0.1) is 0 Å². The predicted molar refractivity (Wildman–Crippen MR) is 76.1 cm³/mol. The number of halogens is 4. The smallest absolute Gasteiger partial charge is 0.383 e. The highest BCUT2D eigenvalue weighted by atomic mass is 35.5. The first-order chi connectivity index (χ1) is 9.48. The summed E-state index contributed by atoms with van der Waals surface area (Å²) in [6, 6.07) is 3.88. The highest BCUT2D eigenvalue weighted by Gasteiger charge is 2.34. The van der Waals surface area contributed by atoms with Gasteiger partial charge in [-0.25, -0.2) is 0 Å². The quantitative estimate of drug-likeness (QED) is 0.747. The van der Waals surface area contributed by atoms with E-state index in [1.54, 1.807) is 0 Å². The first-order valence-electron chi connectivity index (χ1n) is 7.08. The molecule has 0 spiro atoms. The van der Waals surface area contributed by atoms with Gasteiger partial charge >= 0.3 is 6.18 Å². The Bertz CT molecular complexity index is 439. The van der Waals surface area contributed by atoms with Crippen LogP contribution >= 0.6 is 11.6 Å². The molecule has 1 saturated carbocycles. The van der Waals surface area contributed by atoms with Gasteiger partial charge in [-0.2, -0.15) is 13.2 Å². The normalized spacial score (nSPS) is 17.2. The summed E-state index contributed by atoms with van der Waals surface area (Å²) in [4.78, 5) is 0. The van der Waals surface area contributed by atoms with Gasteiger partial charge in [0.2, 0.25) is 0 Å². The van der Waals surface area contributed by atoms with Gasteiger partial charge in [0.1, 0.15) is 0 Å². The molecule has 1 aliphatic carbocycles. The van der Waals surface area contributed by atoms with E-state index >= 15 is 0 Å².